The van der Waals surface area contributed by atoms with Gasteiger partial charge in [0.2, 0.25) is 0 Å². The number of fused-ring (bicyclic) bond motifs is 1. The fourth-order valence-electron chi connectivity index (χ4n) is 3.81. The van der Waals surface area contributed by atoms with Gasteiger partial charge in [-0.15, -0.1) is 0 Å². The molecule has 110 valence electrons. The van der Waals surface area contributed by atoms with Crippen molar-refractivity contribution in [1.82, 2.24) is 4.90 Å². The van der Waals surface area contributed by atoms with E-state index >= 15 is 0 Å². The molecule has 0 spiro atoms. The van der Waals surface area contributed by atoms with Crippen molar-refractivity contribution in [3.05, 3.63) is 35.4 Å². The molecule has 1 atom stereocenters. The zero-order valence-electron chi connectivity index (χ0n) is 12.5. The molecule has 1 heterocycles. The zero-order chi connectivity index (χ0) is 14.0. The average molecular weight is 274 g/mol. The lowest BCUT2D eigenvalue weighted by molar-refractivity contribution is 0.00147. The summed E-state index contributed by atoms with van der Waals surface area (Å²) < 4.78 is 5.55. The monoisotopic (exact) mass is 274 g/mol. The lowest BCUT2D eigenvalue weighted by atomic mass is 9.91. The number of rotatable bonds is 5. The normalized spacial score (nSPS) is 22.9. The van der Waals surface area contributed by atoms with Gasteiger partial charge >= 0.3 is 0 Å². The van der Waals surface area contributed by atoms with Gasteiger partial charge in [0.05, 0.1) is 12.1 Å². The molecule has 1 aromatic rings. The Balaban J connectivity index is 1.80. The highest BCUT2D eigenvalue weighted by Gasteiger charge is 2.48. The van der Waals surface area contributed by atoms with Gasteiger partial charge in [0, 0.05) is 26.7 Å². The van der Waals surface area contributed by atoms with Gasteiger partial charge in [-0.1, -0.05) is 24.3 Å². The molecular formula is C17H26N2O. The molecular weight excluding hydrogens is 248 g/mol. The van der Waals surface area contributed by atoms with Gasteiger partial charge in [-0.2, -0.15) is 0 Å². The number of benzene rings is 1. The molecule has 1 fully saturated rings. The van der Waals surface area contributed by atoms with Crippen molar-refractivity contribution in [3.63, 3.8) is 0 Å². The van der Waals surface area contributed by atoms with E-state index in [1.54, 1.807) is 7.11 Å². The molecule has 1 aromatic carbocycles. The van der Waals surface area contributed by atoms with Crippen LogP contribution in [0.2, 0.25) is 0 Å². The van der Waals surface area contributed by atoms with E-state index in [4.69, 9.17) is 10.5 Å². The Hall–Kier alpha value is -0.900. The molecule has 1 unspecified atom stereocenters. The summed E-state index contributed by atoms with van der Waals surface area (Å²) in [6, 6.07) is 8.86. The van der Waals surface area contributed by atoms with Crippen LogP contribution in [0, 0.1) is 5.92 Å². The second-order valence-electron chi connectivity index (χ2n) is 6.27. The molecule has 3 heteroatoms. The highest BCUT2D eigenvalue weighted by molar-refractivity contribution is 5.29. The van der Waals surface area contributed by atoms with Crippen LogP contribution in [0.25, 0.3) is 0 Å². The SMILES string of the molecule is COCC(CN)(C1CC1)N1CCc2ccccc2CC1. The molecule has 0 saturated heterocycles. The number of nitrogens with two attached hydrogens (primary N) is 1. The highest BCUT2D eigenvalue weighted by Crippen LogP contribution is 2.43. The van der Waals surface area contributed by atoms with Crippen molar-refractivity contribution < 1.29 is 4.74 Å². The minimum absolute atomic E-state index is 0.0663. The smallest absolute Gasteiger partial charge is 0.0661 e. The Bertz CT molecular complexity index is 431. The lowest BCUT2D eigenvalue weighted by Crippen LogP contribution is -2.59. The van der Waals surface area contributed by atoms with Crippen molar-refractivity contribution in [2.45, 2.75) is 31.2 Å². The van der Waals surface area contributed by atoms with Crippen molar-refractivity contribution in [3.8, 4) is 0 Å². The molecule has 0 bridgehead atoms. The van der Waals surface area contributed by atoms with Crippen molar-refractivity contribution in [2.24, 2.45) is 11.7 Å². The molecule has 0 radical (unpaired) electrons. The molecule has 2 aliphatic rings. The molecule has 1 aliphatic heterocycles. The molecule has 3 rings (SSSR count). The Labute approximate surface area is 122 Å². The molecule has 3 nitrogen and oxygen atoms in total. The van der Waals surface area contributed by atoms with Gasteiger partial charge in [0.1, 0.15) is 0 Å². The summed E-state index contributed by atoms with van der Waals surface area (Å²) in [5.74, 6) is 0.730. The first kappa shape index (κ1) is 14.1. The van der Waals surface area contributed by atoms with E-state index in [-0.39, 0.29) is 5.54 Å². The van der Waals surface area contributed by atoms with E-state index in [2.05, 4.69) is 29.2 Å². The molecule has 1 saturated carbocycles. The number of hydrogen-bond donors (Lipinski definition) is 1. The first-order chi connectivity index (χ1) is 9.80. The van der Waals surface area contributed by atoms with E-state index in [1.165, 1.54) is 24.0 Å². The van der Waals surface area contributed by atoms with Crippen LogP contribution >= 0.6 is 0 Å². The first-order valence-corrected chi connectivity index (χ1v) is 7.81. The van der Waals surface area contributed by atoms with E-state index in [0.717, 1.165) is 38.5 Å². The van der Waals surface area contributed by atoms with Gasteiger partial charge in [-0.05, 0) is 42.7 Å². The van der Waals surface area contributed by atoms with Gasteiger partial charge in [-0.3, -0.25) is 4.90 Å². The van der Waals surface area contributed by atoms with Crippen LogP contribution in [0.15, 0.2) is 24.3 Å². The Morgan fingerprint density at radius 1 is 1.20 bits per heavy atom. The summed E-state index contributed by atoms with van der Waals surface area (Å²) in [5.41, 5.74) is 9.28. The summed E-state index contributed by atoms with van der Waals surface area (Å²) in [7, 11) is 1.80. The van der Waals surface area contributed by atoms with Crippen LogP contribution in [-0.2, 0) is 17.6 Å². The molecule has 20 heavy (non-hydrogen) atoms. The maximum absolute atomic E-state index is 6.20. The minimum atomic E-state index is 0.0663. The summed E-state index contributed by atoms with van der Waals surface area (Å²) in [5, 5.41) is 0. The fourth-order valence-corrected chi connectivity index (χ4v) is 3.81. The third kappa shape index (κ3) is 2.50. The topological polar surface area (TPSA) is 38.5 Å². The second-order valence-corrected chi connectivity index (χ2v) is 6.27. The van der Waals surface area contributed by atoms with Gasteiger partial charge in [-0.25, -0.2) is 0 Å². The van der Waals surface area contributed by atoms with E-state index in [0.29, 0.717) is 6.54 Å². The molecule has 1 aliphatic carbocycles. The van der Waals surface area contributed by atoms with Crippen LogP contribution in [0.4, 0.5) is 0 Å². The second kappa shape index (κ2) is 5.84. The van der Waals surface area contributed by atoms with E-state index in [9.17, 15) is 0 Å². The predicted molar refractivity (Wildman–Crippen MR) is 81.8 cm³/mol. The Kier molecular flexibility index (Phi) is 4.11. The van der Waals surface area contributed by atoms with Crippen molar-refractivity contribution in [1.29, 1.82) is 0 Å². The third-order valence-electron chi connectivity index (χ3n) is 5.14. The standard InChI is InChI=1S/C17H26N2O/c1-20-13-17(12-18,16-6-7-16)19-10-8-14-4-2-3-5-15(14)9-11-19/h2-5,16H,6-13,18H2,1H3. The molecule has 0 aromatic heterocycles. The Morgan fingerprint density at radius 2 is 1.80 bits per heavy atom. The van der Waals surface area contributed by atoms with E-state index < -0.39 is 0 Å². The summed E-state index contributed by atoms with van der Waals surface area (Å²) >= 11 is 0. The largest absolute Gasteiger partial charge is 0.383 e. The number of hydrogen-bond acceptors (Lipinski definition) is 3. The third-order valence-corrected chi connectivity index (χ3v) is 5.14. The van der Waals surface area contributed by atoms with Crippen LogP contribution in [0.1, 0.15) is 24.0 Å². The van der Waals surface area contributed by atoms with Crippen molar-refractivity contribution in [2.75, 3.05) is 33.4 Å². The molecule has 0 amide bonds. The fraction of sp³-hybridized carbons (Fsp3) is 0.647. The van der Waals surface area contributed by atoms with Crippen molar-refractivity contribution >= 4 is 0 Å². The van der Waals surface area contributed by atoms with Crippen LogP contribution in [0.3, 0.4) is 0 Å². The lowest BCUT2D eigenvalue weighted by Gasteiger charge is -2.43. The Morgan fingerprint density at radius 3 is 2.25 bits per heavy atom. The van der Waals surface area contributed by atoms with Gasteiger partial charge in [0.15, 0.2) is 0 Å². The number of ether oxygens (including phenoxy) is 1. The van der Waals surface area contributed by atoms with Gasteiger partial charge in [0.25, 0.3) is 0 Å². The van der Waals surface area contributed by atoms with E-state index in [1.807, 2.05) is 0 Å². The maximum Gasteiger partial charge on any atom is 0.0661 e. The summed E-state index contributed by atoms with van der Waals surface area (Å²) in [6.07, 6.45) is 4.89. The zero-order valence-corrected chi connectivity index (χ0v) is 12.5. The quantitative estimate of drug-likeness (QED) is 0.890. The minimum Gasteiger partial charge on any atom is -0.383 e. The van der Waals surface area contributed by atoms with Crippen LogP contribution < -0.4 is 5.73 Å². The summed E-state index contributed by atoms with van der Waals surface area (Å²) in [4.78, 5) is 2.62. The average Bonchev–Trinajstić information content (AvgIpc) is 3.31. The van der Waals surface area contributed by atoms with Crippen LogP contribution in [-0.4, -0.2) is 43.8 Å². The highest BCUT2D eigenvalue weighted by atomic mass is 16.5. The molecule has 2 N–H and O–H groups in total. The first-order valence-electron chi connectivity index (χ1n) is 7.81. The van der Waals surface area contributed by atoms with Gasteiger partial charge < -0.3 is 10.5 Å². The maximum atomic E-state index is 6.20. The predicted octanol–water partition coefficient (Wildman–Crippen LogP) is 1.84. The van der Waals surface area contributed by atoms with Crippen LogP contribution in [0.5, 0.6) is 0 Å². The number of methoxy groups -OCH3 is 1. The summed E-state index contributed by atoms with van der Waals surface area (Å²) in [6.45, 7) is 3.69. The number of nitrogens with zero attached hydrogens (tertiary/aromatic N) is 1.